The average Bonchev–Trinajstić information content (AvgIpc) is 2.98. The topological polar surface area (TPSA) is 158 Å². The Morgan fingerprint density at radius 3 is 2.33 bits per heavy atom. The van der Waals surface area contributed by atoms with Crippen LogP contribution in [0.15, 0.2) is 48.5 Å². The highest BCUT2D eigenvalue weighted by Crippen LogP contribution is 2.18. The summed E-state index contributed by atoms with van der Waals surface area (Å²) in [5.74, 6) is 1.84. The first-order chi connectivity index (χ1) is 19.6. The number of hydrogen-bond donors (Lipinski definition) is 5. The van der Waals surface area contributed by atoms with Crippen molar-refractivity contribution in [1.82, 2.24) is 20.3 Å². The Hall–Kier alpha value is -4.00. The molecule has 12 heteroatoms. The quantitative estimate of drug-likeness (QED) is 0.139. The molecule has 0 spiro atoms. The molecular formula is C28H40N8O4. The van der Waals surface area contributed by atoms with Gasteiger partial charge in [-0.05, 0) is 42.3 Å². The molecule has 0 atom stereocenters. The van der Waals surface area contributed by atoms with Crippen molar-refractivity contribution in [2.24, 2.45) is 5.73 Å². The van der Waals surface area contributed by atoms with Crippen LogP contribution in [0.3, 0.4) is 0 Å². The normalized spacial score (nSPS) is 10.7. The summed E-state index contributed by atoms with van der Waals surface area (Å²) in [4.78, 5) is 26.2. The van der Waals surface area contributed by atoms with E-state index in [0.29, 0.717) is 75.2 Å². The van der Waals surface area contributed by atoms with E-state index in [-0.39, 0.29) is 5.91 Å². The average molecular weight is 553 g/mol. The molecule has 1 aromatic heterocycles. The molecular weight excluding hydrogens is 512 g/mol. The lowest BCUT2D eigenvalue weighted by Crippen LogP contribution is -2.27. The summed E-state index contributed by atoms with van der Waals surface area (Å²) in [5, 5.41) is 12.6. The third-order valence-electron chi connectivity index (χ3n) is 5.61. The van der Waals surface area contributed by atoms with Crippen molar-refractivity contribution >= 4 is 29.4 Å². The van der Waals surface area contributed by atoms with E-state index in [1.165, 1.54) is 0 Å². The number of nitrogens with two attached hydrogens (primary N) is 1. The number of aromatic nitrogens is 3. The number of ether oxygens (including phenoxy) is 3. The molecule has 1 amide bonds. The summed E-state index contributed by atoms with van der Waals surface area (Å²) in [7, 11) is 1.64. The predicted molar refractivity (Wildman–Crippen MR) is 156 cm³/mol. The molecule has 0 radical (unpaired) electrons. The molecule has 0 fully saturated rings. The van der Waals surface area contributed by atoms with Crippen LogP contribution in [0.4, 0.5) is 23.5 Å². The summed E-state index contributed by atoms with van der Waals surface area (Å²) >= 11 is 0. The lowest BCUT2D eigenvalue weighted by Gasteiger charge is -2.12. The molecule has 3 rings (SSSR count). The van der Waals surface area contributed by atoms with Gasteiger partial charge in [0.15, 0.2) is 0 Å². The van der Waals surface area contributed by atoms with Gasteiger partial charge in [-0.15, -0.1) is 0 Å². The van der Waals surface area contributed by atoms with Crippen molar-refractivity contribution in [3.63, 3.8) is 0 Å². The van der Waals surface area contributed by atoms with Crippen LogP contribution in [0.5, 0.6) is 5.75 Å². The van der Waals surface area contributed by atoms with Gasteiger partial charge in [-0.2, -0.15) is 15.0 Å². The summed E-state index contributed by atoms with van der Waals surface area (Å²) < 4.78 is 15.9. The van der Waals surface area contributed by atoms with Crippen molar-refractivity contribution in [1.29, 1.82) is 0 Å². The fourth-order valence-corrected chi connectivity index (χ4v) is 3.50. The molecule has 0 aliphatic heterocycles. The molecule has 216 valence electrons. The molecule has 2 aromatic carbocycles. The standard InChI is InChI=1S/C28H40N8O4/c1-3-4-13-31-26-34-27(32-20-21-8-10-24(38-2)11-9-21)36-28(35-26)33-23-7-5-6-22(19-23)25(37)30-14-16-40-18-17-39-15-12-29/h5-11,19H,3-4,12-18,20,29H2,1-2H3,(H,30,37)(H3,31,32,33,34,35,36). The minimum absolute atomic E-state index is 0.203. The lowest BCUT2D eigenvalue weighted by molar-refractivity contribution is 0.0511. The van der Waals surface area contributed by atoms with Crippen LogP contribution >= 0.6 is 0 Å². The first-order valence-corrected chi connectivity index (χ1v) is 13.5. The number of carbonyl (C=O) groups excluding carboxylic acids is 1. The fraction of sp³-hybridized carbons (Fsp3) is 0.429. The number of carbonyl (C=O) groups is 1. The minimum atomic E-state index is -0.203. The first-order valence-electron chi connectivity index (χ1n) is 13.5. The van der Waals surface area contributed by atoms with E-state index in [1.54, 1.807) is 25.3 Å². The molecule has 0 aliphatic carbocycles. The Balaban J connectivity index is 1.60. The van der Waals surface area contributed by atoms with E-state index in [2.05, 4.69) is 43.1 Å². The Bertz CT molecular complexity index is 1160. The van der Waals surface area contributed by atoms with Crippen molar-refractivity contribution in [3.8, 4) is 5.75 Å². The molecule has 0 bridgehead atoms. The zero-order chi connectivity index (χ0) is 28.4. The van der Waals surface area contributed by atoms with Crippen LogP contribution in [0.25, 0.3) is 0 Å². The monoisotopic (exact) mass is 552 g/mol. The van der Waals surface area contributed by atoms with Crippen LogP contribution in [-0.4, -0.2) is 74.0 Å². The van der Waals surface area contributed by atoms with E-state index in [0.717, 1.165) is 30.7 Å². The number of rotatable bonds is 19. The van der Waals surface area contributed by atoms with Crippen molar-refractivity contribution < 1.29 is 19.0 Å². The van der Waals surface area contributed by atoms with Gasteiger partial charge in [-0.3, -0.25) is 4.79 Å². The number of nitrogens with one attached hydrogen (secondary N) is 4. The van der Waals surface area contributed by atoms with E-state index in [1.807, 2.05) is 30.3 Å². The van der Waals surface area contributed by atoms with Gasteiger partial charge >= 0.3 is 0 Å². The highest BCUT2D eigenvalue weighted by atomic mass is 16.5. The SMILES string of the molecule is CCCCNc1nc(NCc2ccc(OC)cc2)nc(Nc2cccc(C(=O)NCCOCCOCCN)c2)n1. The largest absolute Gasteiger partial charge is 0.497 e. The highest BCUT2D eigenvalue weighted by Gasteiger charge is 2.10. The summed E-state index contributed by atoms with van der Waals surface area (Å²) in [6.07, 6.45) is 2.04. The Kier molecular flexibility index (Phi) is 13.4. The van der Waals surface area contributed by atoms with Gasteiger partial charge in [0, 0.05) is 37.4 Å². The van der Waals surface area contributed by atoms with E-state index < -0.39 is 0 Å². The second-order valence-electron chi connectivity index (χ2n) is 8.76. The second-order valence-corrected chi connectivity index (χ2v) is 8.76. The summed E-state index contributed by atoms with van der Waals surface area (Å²) in [6.45, 7) is 6.10. The van der Waals surface area contributed by atoms with Crippen molar-refractivity contribution in [3.05, 3.63) is 59.7 Å². The van der Waals surface area contributed by atoms with Crippen molar-refractivity contribution in [2.75, 3.05) is 69.1 Å². The molecule has 1 heterocycles. The van der Waals surface area contributed by atoms with Crippen LogP contribution in [-0.2, 0) is 16.0 Å². The predicted octanol–water partition coefficient (Wildman–Crippen LogP) is 3.17. The minimum Gasteiger partial charge on any atom is -0.497 e. The number of methoxy groups -OCH3 is 1. The zero-order valence-electron chi connectivity index (χ0n) is 23.2. The number of amides is 1. The lowest BCUT2D eigenvalue weighted by atomic mass is 10.2. The second kappa shape index (κ2) is 17.6. The maximum Gasteiger partial charge on any atom is 0.251 e. The van der Waals surface area contributed by atoms with Gasteiger partial charge in [-0.25, -0.2) is 0 Å². The molecule has 40 heavy (non-hydrogen) atoms. The number of anilines is 4. The van der Waals surface area contributed by atoms with Crippen LogP contribution in [0, 0.1) is 0 Å². The molecule has 3 aromatic rings. The van der Waals surface area contributed by atoms with Crippen LogP contribution < -0.4 is 31.7 Å². The van der Waals surface area contributed by atoms with Gasteiger partial charge in [0.25, 0.3) is 5.91 Å². The van der Waals surface area contributed by atoms with E-state index in [9.17, 15) is 4.79 Å². The molecule has 0 unspecified atom stereocenters. The van der Waals surface area contributed by atoms with Gasteiger partial charge in [-0.1, -0.05) is 31.5 Å². The maximum atomic E-state index is 12.6. The Morgan fingerprint density at radius 1 is 0.875 bits per heavy atom. The van der Waals surface area contributed by atoms with Gasteiger partial charge in [0.1, 0.15) is 5.75 Å². The van der Waals surface area contributed by atoms with E-state index in [4.69, 9.17) is 19.9 Å². The third kappa shape index (κ3) is 11.0. The number of hydrogen-bond acceptors (Lipinski definition) is 11. The smallest absolute Gasteiger partial charge is 0.251 e. The Labute approximate surface area is 235 Å². The van der Waals surface area contributed by atoms with Gasteiger partial charge in [0.05, 0.1) is 33.5 Å². The Morgan fingerprint density at radius 2 is 1.60 bits per heavy atom. The molecule has 0 aliphatic rings. The number of nitrogens with zero attached hydrogens (tertiary/aromatic N) is 3. The highest BCUT2D eigenvalue weighted by molar-refractivity contribution is 5.95. The fourth-order valence-electron chi connectivity index (χ4n) is 3.50. The third-order valence-corrected chi connectivity index (χ3v) is 5.61. The molecule has 12 nitrogen and oxygen atoms in total. The van der Waals surface area contributed by atoms with E-state index >= 15 is 0 Å². The zero-order valence-corrected chi connectivity index (χ0v) is 23.2. The molecule has 0 saturated heterocycles. The molecule has 0 saturated carbocycles. The molecule has 6 N–H and O–H groups in total. The van der Waals surface area contributed by atoms with Crippen LogP contribution in [0.2, 0.25) is 0 Å². The summed E-state index contributed by atoms with van der Waals surface area (Å²) in [5.41, 5.74) is 7.61. The number of unbranched alkanes of at least 4 members (excludes halogenated alkanes) is 1. The van der Waals surface area contributed by atoms with Gasteiger partial charge < -0.3 is 41.2 Å². The van der Waals surface area contributed by atoms with Crippen LogP contribution in [0.1, 0.15) is 35.7 Å². The van der Waals surface area contributed by atoms with Crippen molar-refractivity contribution in [2.45, 2.75) is 26.3 Å². The number of benzene rings is 2. The first kappa shape index (κ1) is 30.5. The van der Waals surface area contributed by atoms with Gasteiger partial charge in [0.2, 0.25) is 17.8 Å². The maximum absolute atomic E-state index is 12.6. The summed E-state index contributed by atoms with van der Waals surface area (Å²) in [6, 6.07) is 14.9.